The van der Waals surface area contributed by atoms with E-state index in [-0.39, 0.29) is 11.5 Å². The van der Waals surface area contributed by atoms with E-state index in [0.717, 1.165) is 18.9 Å². The molecule has 0 aliphatic carbocycles. The molecular weight excluding hydrogens is 299 g/mol. The number of benzene rings is 1. The van der Waals surface area contributed by atoms with Gasteiger partial charge in [-0.25, -0.2) is 23.7 Å². The van der Waals surface area contributed by atoms with Crippen LogP contribution in [0.4, 0.5) is 15.9 Å². The molecule has 0 bridgehead atoms. The second-order valence-corrected chi connectivity index (χ2v) is 5.43. The van der Waals surface area contributed by atoms with Crippen molar-refractivity contribution in [2.75, 3.05) is 36.0 Å². The quantitative estimate of drug-likeness (QED) is 0.760. The number of rotatable bonds is 2. The molecule has 0 radical (unpaired) electrons. The van der Waals surface area contributed by atoms with Gasteiger partial charge in [0.05, 0.1) is 5.69 Å². The molecule has 1 saturated heterocycles. The summed E-state index contributed by atoms with van der Waals surface area (Å²) in [6.07, 6.45) is 1.47. The van der Waals surface area contributed by atoms with Gasteiger partial charge in [-0.2, -0.15) is 5.10 Å². The minimum atomic E-state index is -0.302. The van der Waals surface area contributed by atoms with E-state index in [0.29, 0.717) is 24.4 Å². The molecule has 0 atom stereocenters. The molecule has 1 aromatic carbocycles. The largest absolute Gasteiger partial charge is 0.366 e. The molecule has 4 rings (SSSR count). The molecule has 1 aliphatic rings. The van der Waals surface area contributed by atoms with Crippen LogP contribution in [0, 0.1) is 5.82 Å². The number of halogens is 1. The van der Waals surface area contributed by atoms with Gasteiger partial charge in [-0.3, -0.25) is 0 Å². The molecular formula is C15H15FN6O. The lowest BCUT2D eigenvalue weighted by atomic mass is 10.2. The zero-order valence-corrected chi connectivity index (χ0v) is 12.3. The van der Waals surface area contributed by atoms with Crippen LogP contribution >= 0.6 is 0 Å². The molecule has 2 aromatic heterocycles. The molecule has 0 amide bonds. The number of anilines is 2. The van der Waals surface area contributed by atoms with E-state index >= 15 is 0 Å². The topological polar surface area (TPSA) is 69.5 Å². The molecule has 8 heteroatoms. The highest BCUT2D eigenvalue weighted by molar-refractivity contribution is 5.53. The summed E-state index contributed by atoms with van der Waals surface area (Å²) in [6, 6.07) is 8.59. The van der Waals surface area contributed by atoms with Gasteiger partial charge in [0.1, 0.15) is 18.0 Å². The second kappa shape index (κ2) is 5.38. The Labute approximate surface area is 131 Å². The van der Waals surface area contributed by atoms with Crippen LogP contribution in [-0.2, 0) is 0 Å². The summed E-state index contributed by atoms with van der Waals surface area (Å²) in [4.78, 5) is 19.9. The number of hydrogen-bond acceptors (Lipinski definition) is 5. The first-order valence-electron chi connectivity index (χ1n) is 7.39. The van der Waals surface area contributed by atoms with Crippen molar-refractivity contribution in [1.82, 2.24) is 19.6 Å². The van der Waals surface area contributed by atoms with Gasteiger partial charge >= 0.3 is 5.69 Å². The van der Waals surface area contributed by atoms with E-state index < -0.39 is 0 Å². The van der Waals surface area contributed by atoms with Crippen molar-refractivity contribution in [2.45, 2.75) is 0 Å². The Bertz CT molecular complexity index is 896. The van der Waals surface area contributed by atoms with Gasteiger partial charge in [-0.1, -0.05) is 12.1 Å². The van der Waals surface area contributed by atoms with Crippen LogP contribution in [0.2, 0.25) is 0 Å². The standard InChI is InChI=1S/C15H15FN6O/c16-11-3-1-2-4-12(11)20-5-7-21(8-6-20)13-9-14-18-19-15(23)22(14)10-17-13/h1-4,9-10H,5-8H2,(H,19,23). The van der Waals surface area contributed by atoms with Gasteiger partial charge < -0.3 is 9.80 Å². The average molecular weight is 314 g/mol. The minimum Gasteiger partial charge on any atom is -0.366 e. The Balaban J connectivity index is 1.52. The van der Waals surface area contributed by atoms with Gasteiger partial charge in [-0.15, -0.1) is 0 Å². The van der Waals surface area contributed by atoms with Crippen LogP contribution in [0.5, 0.6) is 0 Å². The third-order valence-corrected chi connectivity index (χ3v) is 4.09. The lowest BCUT2D eigenvalue weighted by molar-refractivity contribution is 0.596. The van der Waals surface area contributed by atoms with E-state index in [4.69, 9.17) is 0 Å². The summed E-state index contributed by atoms with van der Waals surface area (Å²) in [5.41, 5.74) is 0.870. The van der Waals surface area contributed by atoms with Crippen molar-refractivity contribution >= 4 is 17.2 Å². The minimum absolute atomic E-state index is 0.198. The normalized spacial score (nSPS) is 15.3. The van der Waals surface area contributed by atoms with Gasteiger partial charge in [0, 0.05) is 32.2 Å². The van der Waals surface area contributed by atoms with Gasteiger partial charge in [0.15, 0.2) is 5.65 Å². The predicted octanol–water partition coefficient (Wildman–Crippen LogP) is 0.883. The van der Waals surface area contributed by atoms with E-state index in [1.165, 1.54) is 16.8 Å². The van der Waals surface area contributed by atoms with Crippen molar-refractivity contribution in [3.63, 3.8) is 0 Å². The van der Waals surface area contributed by atoms with Crippen molar-refractivity contribution in [2.24, 2.45) is 0 Å². The molecule has 118 valence electrons. The lowest BCUT2D eigenvalue weighted by Crippen LogP contribution is -2.47. The Kier molecular flexibility index (Phi) is 3.22. The van der Waals surface area contributed by atoms with E-state index in [2.05, 4.69) is 20.1 Å². The molecule has 23 heavy (non-hydrogen) atoms. The SMILES string of the molecule is O=c1[nH]nc2cc(N3CCN(c4ccccc4F)CC3)ncn12. The zero-order chi connectivity index (χ0) is 15.8. The van der Waals surface area contributed by atoms with Crippen LogP contribution in [0.3, 0.4) is 0 Å². The molecule has 0 saturated carbocycles. The second-order valence-electron chi connectivity index (χ2n) is 5.43. The summed E-state index contributed by atoms with van der Waals surface area (Å²) in [5, 5.41) is 6.34. The summed E-state index contributed by atoms with van der Waals surface area (Å²) in [6.45, 7) is 2.88. The van der Waals surface area contributed by atoms with E-state index in [9.17, 15) is 9.18 Å². The van der Waals surface area contributed by atoms with Crippen molar-refractivity contribution in [3.8, 4) is 0 Å². The molecule has 3 aromatic rings. The molecule has 3 heterocycles. The summed E-state index contributed by atoms with van der Waals surface area (Å²) < 4.78 is 15.2. The molecule has 1 aliphatic heterocycles. The van der Waals surface area contributed by atoms with Gasteiger partial charge in [-0.05, 0) is 12.1 Å². The Morgan fingerprint density at radius 3 is 2.61 bits per heavy atom. The smallest absolute Gasteiger partial charge is 0.348 e. The highest BCUT2D eigenvalue weighted by atomic mass is 19.1. The number of para-hydroxylation sites is 1. The third-order valence-electron chi connectivity index (χ3n) is 4.09. The monoisotopic (exact) mass is 314 g/mol. The molecule has 1 fully saturated rings. The van der Waals surface area contributed by atoms with Crippen LogP contribution in [0.15, 0.2) is 41.5 Å². The first kappa shape index (κ1) is 13.7. The number of nitrogens with zero attached hydrogens (tertiary/aromatic N) is 5. The zero-order valence-electron chi connectivity index (χ0n) is 12.3. The highest BCUT2D eigenvalue weighted by Crippen LogP contribution is 2.22. The van der Waals surface area contributed by atoms with E-state index in [1.54, 1.807) is 18.2 Å². The number of aromatic amines is 1. The molecule has 7 nitrogen and oxygen atoms in total. The van der Waals surface area contributed by atoms with Crippen LogP contribution in [-0.4, -0.2) is 45.8 Å². The predicted molar refractivity (Wildman–Crippen MR) is 84.4 cm³/mol. The number of fused-ring (bicyclic) bond motifs is 1. The summed E-state index contributed by atoms with van der Waals surface area (Å²) >= 11 is 0. The highest BCUT2D eigenvalue weighted by Gasteiger charge is 2.20. The third kappa shape index (κ3) is 2.41. The number of nitrogens with one attached hydrogen (secondary N) is 1. The maximum absolute atomic E-state index is 13.9. The maximum atomic E-state index is 13.9. The van der Waals surface area contributed by atoms with Crippen LogP contribution < -0.4 is 15.5 Å². The first-order valence-corrected chi connectivity index (χ1v) is 7.39. The number of H-pyrrole nitrogens is 1. The molecule has 0 unspecified atom stereocenters. The van der Waals surface area contributed by atoms with Crippen molar-refractivity contribution in [3.05, 3.63) is 53.0 Å². The van der Waals surface area contributed by atoms with Crippen LogP contribution in [0.25, 0.3) is 5.65 Å². The summed E-state index contributed by atoms with van der Waals surface area (Å²) in [7, 11) is 0. The summed E-state index contributed by atoms with van der Waals surface area (Å²) in [5.74, 6) is 0.570. The fourth-order valence-electron chi connectivity index (χ4n) is 2.86. The fourth-order valence-corrected chi connectivity index (χ4v) is 2.86. The number of hydrogen-bond donors (Lipinski definition) is 1. The van der Waals surface area contributed by atoms with E-state index in [1.807, 2.05) is 11.0 Å². The first-order chi connectivity index (χ1) is 11.2. The van der Waals surface area contributed by atoms with Gasteiger partial charge in [0.2, 0.25) is 0 Å². The maximum Gasteiger partial charge on any atom is 0.348 e. The number of aromatic nitrogens is 4. The Morgan fingerprint density at radius 1 is 1.09 bits per heavy atom. The van der Waals surface area contributed by atoms with Crippen molar-refractivity contribution < 1.29 is 4.39 Å². The average Bonchev–Trinajstić information content (AvgIpc) is 2.96. The molecule has 0 spiro atoms. The van der Waals surface area contributed by atoms with Gasteiger partial charge in [0.25, 0.3) is 0 Å². The van der Waals surface area contributed by atoms with Crippen molar-refractivity contribution in [1.29, 1.82) is 0 Å². The molecule has 1 N–H and O–H groups in total. The lowest BCUT2D eigenvalue weighted by Gasteiger charge is -2.36. The number of piperazine rings is 1. The Hall–Kier alpha value is -2.90. The van der Waals surface area contributed by atoms with Crippen LogP contribution in [0.1, 0.15) is 0 Å². The fraction of sp³-hybridized carbons (Fsp3) is 0.267. The Morgan fingerprint density at radius 2 is 1.83 bits per heavy atom.